The number of ether oxygens (including phenoxy) is 2. The number of hydrogen-bond donors (Lipinski definition) is 1. The van der Waals surface area contributed by atoms with Gasteiger partial charge in [0.2, 0.25) is 0 Å². The molecule has 1 rings (SSSR count). The van der Waals surface area contributed by atoms with Crippen LogP contribution in [0.15, 0.2) is 28.7 Å². The Kier molecular flexibility index (Phi) is 7.74. The van der Waals surface area contributed by atoms with Crippen LogP contribution in [0, 0.1) is 5.92 Å². The number of esters is 2. The molecule has 1 aromatic carbocycles. The zero-order chi connectivity index (χ0) is 17.4. The quantitative estimate of drug-likeness (QED) is 0.728. The number of nitrogens with one attached hydrogen (secondary N) is 1. The Bertz CT molecular complexity index is 575. The van der Waals surface area contributed by atoms with Crippen LogP contribution < -0.4 is 5.32 Å². The predicted octanol–water partition coefficient (Wildman–Crippen LogP) is 2.31. The Hall–Kier alpha value is -1.89. The van der Waals surface area contributed by atoms with Gasteiger partial charge < -0.3 is 14.8 Å². The molecule has 0 bridgehead atoms. The van der Waals surface area contributed by atoms with Crippen LogP contribution in [0.5, 0.6) is 0 Å². The molecule has 0 aliphatic heterocycles. The van der Waals surface area contributed by atoms with Gasteiger partial charge in [0, 0.05) is 4.47 Å². The zero-order valence-electron chi connectivity index (χ0n) is 13.3. The van der Waals surface area contributed by atoms with Crippen molar-refractivity contribution >= 4 is 33.8 Å². The molecular weight excluding hydrogens is 366 g/mol. The predicted molar refractivity (Wildman–Crippen MR) is 87.8 cm³/mol. The van der Waals surface area contributed by atoms with E-state index in [1.807, 2.05) is 13.8 Å². The summed E-state index contributed by atoms with van der Waals surface area (Å²) >= 11 is 3.25. The summed E-state index contributed by atoms with van der Waals surface area (Å²) in [6, 6.07) is 5.88. The van der Waals surface area contributed by atoms with Crippen LogP contribution in [0.4, 0.5) is 0 Å². The lowest BCUT2D eigenvalue weighted by molar-refractivity contribution is -0.147. The van der Waals surface area contributed by atoms with Crippen LogP contribution in [-0.2, 0) is 19.1 Å². The highest BCUT2D eigenvalue weighted by molar-refractivity contribution is 9.10. The van der Waals surface area contributed by atoms with Crippen LogP contribution in [-0.4, -0.2) is 37.6 Å². The molecule has 23 heavy (non-hydrogen) atoms. The van der Waals surface area contributed by atoms with Crippen molar-refractivity contribution in [2.45, 2.75) is 26.3 Å². The number of carbonyl (C=O) groups is 3. The van der Waals surface area contributed by atoms with E-state index in [1.54, 1.807) is 24.3 Å². The molecule has 0 radical (unpaired) electrons. The number of amides is 1. The van der Waals surface area contributed by atoms with Gasteiger partial charge in [0.05, 0.1) is 12.7 Å². The molecule has 126 valence electrons. The normalized spacial score (nSPS) is 12.9. The van der Waals surface area contributed by atoms with Gasteiger partial charge >= 0.3 is 11.9 Å². The highest BCUT2D eigenvalue weighted by atomic mass is 79.9. The summed E-state index contributed by atoms with van der Waals surface area (Å²) in [5.74, 6) is -1.78. The maximum Gasteiger partial charge on any atom is 0.338 e. The topological polar surface area (TPSA) is 81.7 Å². The lowest BCUT2D eigenvalue weighted by Gasteiger charge is -2.21. The van der Waals surface area contributed by atoms with Crippen LogP contribution in [0.3, 0.4) is 0 Å². The molecule has 0 unspecified atom stereocenters. The summed E-state index contributed by atoms with van der Waals surface area (Å²) in [4.78, 5) is 35.4. The third kappa shape index (κ3) is 6.02. The minimum absolute atomic E-state index is 0.0906. The first-order chi connectivity index (χ1) is 10.9. The van der Waals surface area contributed by atoms with Crippen molar-refractivity contribution in [1.29, 1.82) is 0 Å². The second kappa shape index (κ2) is 9.29. The molecule has 2 atom stereocenters. The third-order valence-corrected chi connectivity index (χ3v) is 3.87. The van der Waals surface area contributed by atoms with Crippen molar-refractivity contribution in [3.8, 4) is 0 Å². The smallest absolute Gasteiger partial charge is 0.338 e. The first-order valence-electron chi connectivity index (χ1n) is 7.18. The Balaban J connectivity index is 2.58. The van der Waals surface area contributed by atoms with Crippen LogP contribution in [0.25, 0.3) is 0 Å². The van der Waals surface area contributed by atoms with Crippen LogP contribution in [0.2, 0.25) is 0 Å². The lowest BCUT2D eigenvalue weighted by Crippen LogP contribution is -2.47. The molecule has 7 heteroatoms. The molecule has 0 aliphatic rings. The van der Waals surface area contributed by atoms with E-state index < -0.39 is 30.5 Å². The van der Waals surface area contributed by atoms with Crippen LogP contribution >= 0.6 is 15.9 Å². The molecule has 0 aliphatic carbocycles. The van der Waals surface area contributed by atoms with Crippen molar-refractivity contribution in [3.05, 3.63) is 34.3 Å². The van der Waals surface area contributed by atoms with Gasteiger partial charge in [0.25, 0.3) is 5.91 Å². The van der Waals surface area contributed by atoms with E-state index in [0.717, 1.165) is 4.47 Å². The fourth-order valence-electron chi connectivity index (χ4n) is 1.84. The largest absolute Gasteiger partial charge is 0.467 e. The van der Waals surface area contributed by atoms with Crippen molar-refractivity contribution in [2.75, 3.05) is 13.7 Å². The first kappa shape index (κ1) is 19.2. The monoisotopic (exact) mass is 385 g/mol. The number of hydrogen-bond acceptors (Lipinski definition) is 5. The number of benzene rings is 1. The van der Waals surface area contributed by atoms with Crippen molar-refractivity contribution < 1.29 is 23.9 Å². The summed E-state index contributed by atoms with van der Waals surface area (Å²) in [7, 11) is 1.26. The molecular formula is C16H20BrNO5. The van der Waals surface area contributed by atoms with Gasteiger partial charge in [-0.05, 0) is 24.1 Å². The van der Waals surface area contributed by atoms with Crippen molar-refractivity contribution in [3.63, 3.8) is 0 Å². The molecule has 6 nitrogen and oxygen atoms in total. The summed E-state index contributed by atoms with van der Waals surface area (Å²) in [5.41, 5.74) is 0.332. The van der Waals surface area contributed by atoms with Crippen molar-refractivity contribution in [2.24, 2.45) is 5.92 Å². The molecule has 0 heterocycles. The maximum atomic E-state index is 11.9. The molecule has 1 N–H and O–H groups in total. The number of halogens is 1. The summed E-state index contributed by atoms with van der Waals surface area (Å²) in [6.45, 7) is 3.27. The molecule has 0 aromatic heterocycles. The molecule has 0 saturated heterocycles. The minimum Gasteiger partial charge on any atom is -0.467 e. The number of methoxy groups -OCH3 is 1. The second-order valence-corrected chi connectivity index (χ2v) is 5.96. The van der Waals surface area contributed by atoms with E-state index in [9.17, 15) is 14.4 Å². The highest BCUT2D eigenvalue weighted by Gasteiger charge is 2.27. The van der Waals surface area contributed by atoms with Gasteiger partial charge in [-0.15, -0.1) is 0 Å². The molecule has 1 amide bonds. The Morgan fingerprint density at radius 1 is 1.30 bits per heavy atom. The van der Waals surface area contributed by atoms with Crippen molar-refractivity contribution in [1.82, 2.24) is 5.32 Å². The van der Waals surface area contributed by atoms with E-state index in [0.29, 0.717) is 12.0 Å². The second-order valence-electron chi connectivity index (χ2n) is 5.04. The Morgan fingerprint density at radius 3 is 2.57 bits per heavy atom. The van der Waals surface area contributed by atoms with Gasteiger partial charge in [-0.1, -0.05) is 42.3 Å². The molecule has 0 spiro atoms. The first-order valence-corrected chi connectivity index (χ1v) is 7.98. The standard InChI is InChI=1S/C16H20BrNO5/c1-4-10(2)14(16(21)22-3)18-13(19)9-23-15(20)11-6-5-7-12(17)8-11/h5-8,10,14H,4,9H2,1-3H3,(H,18,19)/t10-,14+/m1/s1. The lowest BCUT2D eigenvalue weighted by atomic mass is 9.99. The van der Waals surface area contributed by atoms with Gasteiger partial charge in [-0.3, -0.25) is 4.79 Å². The Morgan fingerprint density at radius 2 is 2.00 bits per heavy atom. The third-order valence-electron chi connectivity index (χ3n) is 3.38. The number of carbonyl (C=O) groups excluding carboxylic acids is 3. The highest BCUT2D eigenvalue weighted by Crippen LogP contribution is 2.12. The van der Waals surface area contributed by atoms with E-state index in [2.05, 4.69) is 26.0 Å². The zero-order valence-corrected chi connectivity index (χ0v) is 14.9. The molecule has 0 fully saturated rings. The summed E-state index contributed by atoms with van der Waals surface area (Å²) in [6.07, 6.45) is 0.692. The van der Waals surface area contributed by atoms with E-state index in [4.69, 9.17) is 4.74 Å². The van der Waals surface area contributed by atoms with Gasteiger partial charge in [-0.2, -0.15) is 0 Å². The summed E-state index contributed by atoms with van der Waals surface area (Å²) in [5, 5.41) is 2.54. The van der Waals surface area contributed by atoms with E-state index in [1.165, 1.54) is 7.11 Å². The van der Waals surface area contributed by atoms with Gasteiger partial charge in [-0.25, -0.2) is 9.59 Å². The van der Waals surface area contributed by atoms with E-state index >= 15 is 0 Å². The maximum absolute atomic E-state index is 11.9. The van der Waals surface area contributed by atoms with E-state index in [-0.39, 0.29) is 5.92 Å². The summed E-state index contributed by atoms with van der Waals surface area (Å²) < 4.78 is 10.4. The Labute approximate surface area is 143 Å². The minimum atomic E-state index is -0.762. The average molecular weight is 386 g/mol. The van der Waals surface area contributed by atoms with Gasteiger partial charge in [0.15, 0.2) is 6.61 Å². The number of rotatable bonds is 7. The van der Waals surface area contributed by atoms with Crippen LogP contribution in [0.1, 0.15) is 30.6 Å². The fraction of sp³-hybridized carbons (Fsp3) is 0.438. The van der Waals surface area contributed by atoms with Gasteiger partial charge in [0.1, 0.15) is 6.04 Å². The molecule has 1 aromatic rings. The fourth-order valence-corrected chi connectivity index (χ4v) is 2.24. The SMILES string of the molecule is CC[C@@H](C)[C@H](NC(=O)COC(=O)c1cccc(Br)c1)C(=O)OC. The molecule has 0 saturated carbocycles. The average Bonchev–Trinajstić information content (AvgIpc) is 2.56.